The van der Waals surface area contributed by atoms with Crippen LogP contribution in [0.15, 0.2) is 42.5 Å². The second-order valence-electron chi connectivity index (χ2n) is 4.55. The minimum absolute atomic E-state index is 0.0318. The van der Waals surface area contributed by atoms with E-state index in [0.29, 0.717) is 11.3 Å². The lowest BCUT2D eigenvalue weighted by atomic mass is 10.1. The van der Waals surface area contributed by atoms with Crippen LogP contribution in [0, 0.1) is 10.1 Å². The van der Waals surface area contributed by atoms with Crippen molar-refractivity contribution in [3.8, 4) is 11.5 Å². The van der Waals surface area contributed by atoms with Gasteiger partial charge >= 0.3 is 0 Å². The van der Waals surface area contributed by atoms with Crippen LogP contribution in [0.4, 0.5) is 5.69 Å². The number of phenols is 1. The van der Waals surface area contributed by atoms with Gasteiger partial charge in [0.1, 0.15) is 5.02 Å². The maximum atomic E-state index is 12.1. The number of rotatable bonds is 5. The Hall–Kier alpha value is -2.86. The fourth-order valence-corrected chi connectivity index (χ4v) is 2.07. The molecule has 0 aromatic heterocycles. The summed E-state index contributed by atoms with van der Waals surface area (Å²) in [5.41, 5.74) is 0.406. The number of hydrogen-bond acceptors (Lipinski definition) is 5. The summed E-state index contributed by atoms with van der Waals surface area (Å²) in [5.74, 6) is -0.147. The summed E-state index contributed by atoms with van der Waals surface area (Å²) in [6.07, 6.45) is 2.75. The van der Waals surface area contributed by atoms with Gasteiger partial charge in [-0.1, -0.05) is 23.7 Å². The van der Waals surface area contributed by atoms with Gasteiger partial charge in [0.05, 0.1) is 12.0 Å². The molecule has 0 unspecified atom stereocenters. The van der Waals surface area contributed by atoms with Crippen LogP contribution in [-0.4, -0.2) is 22.9 Å². The fourth-order valence-electron chi connectivity index (χ4n) is 1.88. The summed E-state index contributed by atoms with van der Waals surface area (Å²) in [7, 11) is 1.43. The van der Waals surface area contributed by atoms with Crippen molar-refractivity contribution in [1.29, 1.82) is 0 Å². The molecule has 23 heavy (non-hydrogen) atoms. The Bertz CT molecular complexity index is 801. The number of nitro groups is 1. The first kappa shape index (κ1) is 16.5. The summed E-state index contributed by atoms with van der Waals surface area (Å²) in [4.78, 5) is 22.2. The third kappa shape index (κ3) is 3.87. The number of methoxy groups -OCH3 is 1. The van der Waals surface area contributed by atoms with Crippen LogP contribution in [-0.2, 0) is 0 Å². The second-order valence-corrected chi connectivity index (χ2v) is 4.96. The SMILES string of the molecule is COc1ccc(/C=C/C(=O)c2ccc(Cl)c([N+](=O)[O-])c2)cc1O. The van der Waals surface area contributed by atoms with Gasteiger partial charge in [-0.15, -0.1) is 0 Å². The minimum Gasteiger partial charge on any atom is -0.504 e. The molecule has 0 aliphatic heterocycles. The number of benzene rings is 2. The quantitative estimate of drug-likeness (QED) is 0.388. The van der Waals surface area contributed by atoms with Crippen LogP contribution in [0.1, 0.15) is 15.9 Å². The molecule has 0 aliphatic rings. The summed E-state index contributed by atoms with van der Waals surface area (Å²) in [6, 6.07) is 8.50. The molecule has 118 valence electrons. The number of allylic oxidation sites excluding steroid dienone is 1. The van der Waals surface area contributed by atoms with Gasteiger partial charge in [-0.25, -0.2) is 0 Å². The topological polar surface area (TPSA) is 89.7 Å². The van der Waals surface area contributed by atoms with Crippen molar-refractivity contribution in [3.05, 3.63) is 68.7 Å². The lowest BCUT2D eigenvalue weighted by molar-refractivity contribution is -0.384. The molecule has 0 spiro atoms. The molecular formula is C16H12ClNO5. The maximum Gasteiger partial charge on any atom is 0.288 e. The summed E-state index contributed by atoms with van der Waals surface area (Å²) in [6.45, 7) is 0. The molecule has 0 saturated heterocycles. The molecule has 0 atom stereocenters. The van der Waals surface area contributed by atoms with Crippen LogP contribution in [0.3, 0.4) is 0 Å². The number of nitrogens with zero attached hydrogens (tertiary/aromatic N) is 1. The first-order valence-electron chi connectivity index (χ1n) is 6.45. The van der Waals surface area contributed by atoms with E-state index in [-0.39, 0.29) is 22.0 Å². The molecule has 1 N–H and O–H groups in total. The highest BCUT2D eigenvalue weighted by Crippen LogP contribution is 2.27. The van der Waals surface area contributed by atoms with E-state index in [1.54, 1.807) is 12.1 Å². The molecule has 7 heteroatoms. The van der Waals surface area contributed by atoms with Gasteiger partial charge in [-0.3, -0.25) is 14.9 Å². The number of phenolic OH excluding ortho intramolecular Hbond substituents is 1. The fraction of sp³-hybridized carbons (Fsp3) is 0.0625. The van der Waals surface area contributed by atoms with Gasteiger partial charge in [0.2, 0.25) is 0 Å². The average molecular weight is 334 g/mol. The molecule has 2 aromatic rings. The smallest absolute Gasteiger partial charge is 0.288 e. The number of ether oxygens (including phenoxy) is 1. The van der Waals surface area contributed by atoms with Gasteiger partial charge in [-0.2, -0.15) is 0 Å². The predicted molar refractivity (Wildman–Crippen MR) is 86.1 cm³/mol. The Kier molecular flexibility index (Phi) is 4.98. The van der Waals surface area contributed by atoms with Crippen molar-refractivity contribution < 1.29 is 19.6 Å². The zero-order valence-corrected chi connectivity index (χ0v) is 12.8. The number of carbonyl (C=O) groups is 1. The molecule has 2 aromatic carbocycles. The summed E-state index contributed by atoms with van der Waals surface area (Å²) in [5, 5.41) is 20.5. The Morgan fingerprint density at radius 2 is 2.04 bits per heavy atom. The molecule has 0 radical (unpaired) electrons. The number of carbonyl (C=O) groups excluding carboxylic acids is 1. The standard InChI is InChI=1S/C16H12ClNO5/c1-23-16-7-3-10(8-15(16)20)2-6-14(19)11-4-5-12(17)13(9-11)18(21)22/h2-9,20H,1H3/b6-2+. The monoisotopic (exact) mass is 333 g/mol. The number of aromatic hydroxyl groups is 1. The number of halogens is 1. The highest BCUT2D eigenvalue weighted by Gasteiger charge is 2.15. The zero-order chi connectivity index (χ0) is 17.0. The molecule has 0 amide bonds. The molecule has 0 fully saturated rings. The van der Waals surface area contributed by atoms with Crippen molar-refractivity contribution in [2.45, 2.75) is 0 Å². The van der Waals surface area contributed by atoms with E-state index >= 15 is 0 Å². The minimum atomic E-state index is -0.648. The predicted octanol–water partition coefficient (Wildman–Crippen LogP) is 3.86. The molecule has 2 rings (SSSR count). The Labute approximate surface area is 136 Å². The van der Waals surface area contributed by atoms with Crippen LogP contribution >= 0.6 is 11.6 Å². The maximum absolute atomic E-state index is 12.1. The average Bonchev–Trinajstić information content (AvgIpc) is 2.52. The number of nitro benzene ring substituents is 1. The van der Waals surface area contributed by atoms with Crippen molar-refractivity contribution in [2.75, 3.05) is 7.11 Å². The van der Waals surface area contributed by atoms with Crippen molar-refractivity contribution in [2.24, 2.45) is 0 Å². The largest absolute Gasteiger partial charge is 0.504 e. The van der Waals surface area contributed by atoms with E-state index in [4.69, 9.17) is 16.3 Å². The van der Waals surface area contributed by atoms with Gasteiger partial charge in [0, 0.05) is 11.6 Å². The Morgan fingerprint density at radius 3 is 2.65 bits per heavy atom. The zero-order valence-electron chi connectivity index (χ0n) is 12.0. The van der Waals surface area contributed by atoms with Crippen molar-refractivity contribution >= 4 is 29.1 Å². The lowest BCUT2D eigenvalue weighted by Crippen LogP contribution is -1.97. The van der Waals surface area contributed by atoms with E-state index in [9.17, 15) is 20.0 Å². The van der Waals surface area contributed by atoms with Gasteiger partial charge in [0.25, 0.3) is 5.69 Å². The van der Waals surface area contributed by atoms with Gasteiger partial charge in [-0.05, 0) is 35.9 Å². The highest BCUT2D eigenvalue weighted by molar-refractivity contribution is 6.32. The van der Waals surface area contributed by atoms with E-state index in [2.05, 4.69) is 0 Å². The second kappa shape index (κ2) is 6.93. The number of ketones is 1. The summed E-state index contributed by atoms with van der Waals surface area (Å²) < 4.78 is 4.92. The normalized spacial score (nSPS) is 10.7. The molecular weight excluding hydrogens is 322 g/mol. The third-order valence-electron chi connectivity index (χ3n) is 3.06. The van der Waals surface area contributed by atoms with Gasteiger partial charge in [0.15, 0.2) is 17.3 Å². The van der Waals surface area contributed by atoms with E-state index in [1.807, 2.05) is 0 Å². The molecule has 0 saturated carbocycles. The Morgan fingerprint density at radius 1 is 1.30 bits per heavy atom. The summed E-state index contributed by atoms with van der Waals surface area (Å²) >= 11 is 5.70. The van der Waals surface area contributed by atoms with Crippen LogP contribution in [0.25, 0.3) is 6.08 Å². The van der Waals surface area contributed by atoms with Crippen molar-refractivity contribution in [3.63, 3.8) is 0 Å². The van der Waals surface area contributed by atoms with E-state index in [1.165, 1.54) is 37.5 Å². The number of hydrogen-bond donors (Lipinski definition) is 1. The molecule has 6 nitrogen and oxygen atoms in total. The van der Waals surface area contributed by atoms with Crippen molar-refractivity contribution in [1.82, 2.24) is 0 Å². The first-order valence-corrected chi connectivity index (χ1v) is 6.83. The molecule has 0 aliphatic carbocycles. The van der Waals surface area contributed by atoms with Gasteiger partial charge < -0.3 is 9.84 Å². The van der Waals surface area contributed by atoms with E-state index in [0.717, 1.165) is 6.07 Å². The van der Waals surface area contributed by atoms with Crippen LogP contribution < -0.4 is 4.74 Å². The highest BCUT2D eigenvalue weighted by atomic mass is 35.5. The van der Waals surface area contributed by atoms with Crippen LogP contribution in [0.2, 0.25) is 5.02 Å². The third-order valence-corrected chi connectivity index (χ3v) is 3.38. The molecule has 0 bridgehead atoms. The first-order chi connectivity index (χ1) is 10.9. The van der Waals surface area contributed by atoms with Crippen LogP contribution in [0.5, 0.6) is 11.5 Å². The molecule has 0 heterocycles. The Balaban J connectivity index is 2.23. The van der Waals surface area contributed by atoms with E-state index < -0.39 is 10.7 Å². The lowest BCUT2D eigenvalue weighted by Gasteiger charge is -2.03.